The number of hydrogen-bond donors (Lipinski definition) is 0. The Labute approximate surface area is 241 Å². The fourth-order valence-corrected chi connectivity index (χ4v) is 10.9. The highest BCUT2D eigenvalue weighted by Gasteiger charge is 2.30. The molecule has 5 aromatic carbocycles. The second kappa shape index (κ2) is 12.3. The Balaban J connectivity index is 1.65. The van der Waals surface area contributed by atoms with E-state index in [-0.39, 0.29) is 0 Å². The molecule has 0 fully saturated rings. The van der Waals surface area contributed by atoms with E-state index in [1.54, 1.807) is 0 Å². The van der Waals surface area contributed by atoms with Gasteiger partial charge in [-0.2, -0.15) is 0 Å². The minimum atomic E-state index is -0.725. The standard InChI is InChI=1S/C38H34P2/c1-29-17-15-27-35(39(31-19-7-3-8-20-31)32-21-9-4-10-22-32)37(29)38-30(2)18-16-28-36(38)40(33-23-11-5-12-24-33)34-25-13-6-14-26-34/h3-17,19-28,30H,18H2,1-2H3. The Morgan fingerprint density at radius 2 is 0.975 bits per heavy atom. The maximum absolute atomic E-state index is 2.45. The average Bonchev–Trinajstić information content (AvgIpc) is 3.01. The van der Waals surface area contributed by atoms with Crippen molar-refractivity contribution in [3.63, 3.8) is 0 Å². The van der Waals surface area contributed by atoms with Gasteiger partial charge in [0.05, 0.1) is 0 Å². The van der Waals surface area contributed by atoms with Crippen LogP contribution in [0.1, 0.15) is 24.5 Å². The Bertz CT molecular complexity index is 1540. The fraction of sp³-hybridized carbons (Fsp3) is 0.105. The molecule has 1 unspecified atom stereocenters. The molecular formula is C38H34P2. The summed E-state index contributed by atoms with van der Waals surface area (Å²) in [4.78, 5) is 0. The van der Waals surface area contributed by atoms with Gasteiger partial charge in [0.25, 0.3) is 0 Å². The van der Waals surface area contributed by atoms with E-state index in [1.807, 2.05) is 0 Å². The largest absolute Gasteiger partial charge is 0.0833 e. The van der Waals surface area contributed by atoms with Crippen molar-refractivity contribution in [1.29, 1.82) is 0 Å². The van der Waals surface area contributed by atoms with Crippen LogP contribution in [0.2, 0.25) is 0 Å². The molecule has 5 aromatic rings. The highest BCUT2D eigenvalue weighted by Crippen LogP contribution is 2.52. The molecule has 0 heterocycles. The first-order chi connectivity index (χ1) is 19.7. The predicted octanol–water partition coefficient (Wildman–Crippen LogP) is 8.19. The lowest BCUT2D eigenvalue weighted by Crippen LogP contribution is -2.26. The molecule has 2 heteroatoms. The molecule has 196 valence electrons. The van der Waals surface area contributed by atoms with Crippen molar-refractivity contribution in [2.75, 3.05) is 0 Å². The van der Waals surface area contributed by atoms with E-state index < -0.39 is 15.8 Å². The third-order valence-corrected chi connectivity index (χ3v) is 12.6. The van der Waals surface area contributed by atoms with Gasteiger partial charge in [0.15, 0.2) is 0 Å². The predicted molar refractivity (Wildman–Crippen MR) is 179 cm³/mol. The number of allylic oxidation sites excluding steroid dienone is 4. The van der Waals surface area contributed by atoms with Gasteiger partial charge >= 0.3 is 0 Å². The van der Waals surface area contributed by atoms with Gasteiger partial charge in [-0.05, 0) is 83.6 Å². The first-order valence-corrected chi connectivity index (χ1v) is 16.7. The molecular weight excluding hydrogens is 518 g/mol. The van der Waals surface area contributed by atoms with E-state index in [0.29, 0.717) is 5.92 Å². The molecule has 1 aliphatic carbocycles. The van der Waals surface area contributed by atoms with Crippen molar-refractivity contribution >= 4 is 47.9 Å². The Hall–Kier alpha value is -3.56. The van der Waals surface area contributed by atoms with Crippen molar-refractivity contribution in [2.45, 2.75) is 20.3 Å². The first-order valence-electron chi connectivity index (χ1n) is 14.0. The molecule has 0 bridgehead atoms. The first kappa shape index (κ1) is 26.7. The summed E-state index contributed by atoms with van der Waals surface area (Å²) in [7, 11) is -1.44. The second-order valence-corrected chi connectivity index (χ2v) is 14.7. The number of rotatable bonds is 7. The molecule has 6 rings (SSSR count). The summed E-state index contributed by atoms with van der Waals surface area (Å²) >= 11 is 0. The number of hydrogen-bond acceptors (Lipinski definition) is 0. The van der Waals surface area contributed by atoms with Crippen molar-refractivity contribution in [2.24, 2.45) is 5.92 Å². The third kappa shape index (κ3) is 5.40. The van der Waals surface area contributed by atoms with Crippen LogP contribution in [0.4, 0.5) is 0 Å². The monoisotopic (exact) mass is 552 g/mol. The van der Waals surface area contributed by atoms with E-state index in [0.717, 1.165) is 6.42 Å². The quantitative estimate of drug-likeness (QED) is 0.179. The minimum Gasteiger partial charge on any atom is -0.0833 e. The van der Waals surface area contributed by atoms with Crippen molar-refractivity contribution in [3.8, 4) is 0 Å². The maximum atomic E-state index is 2.45. The highest BCUT2D eigenvalue weighted by molar-refractivity contribution is 7.80. The lowest BCUT2D eigenvalue weighted by Gasteiger charge is -2.32. The van der Waals surface area contributed by atoms with Gasteiger partial charge in [0.2, 0.25) is 0 Å². The zero-order valence-electron chi connectivity index (χ0n) is 23.1. The number of benzene rings is 5. The zero-order valence-corrected chi connectivity index (χ0v) is 24.9. The molecule has 0 spiro atoms. The Morgan fingerprint density at radius 3 is 1.45 bits per heavy atom. The van der Waals surface area contributed by atoms with Crippen LogP contribution in [0.15, 0.2) is 157 Å². The van der Waals surface area contributed by atoms with Crippen LogP contribution < -0.4 is 26.5 Å². The molecule has 0 saturated heterocycles. The van der Waals surface area contributed by atoms with Crippen LogP contribution in [-0.2, 0) is 0 Å². The minimum absolute atomic E-state index is 0.431. The van der Waals surface area contributed by atoms with Gasteiger partial charge in [-0.15, -0.1) is 0 Å². The van der Waals surface area contributed by atoms with E-state index in [9.17, 15) is 0 Å². The lowest BCUT2D eigenvalue weighted by molar-refractivity contribution is 0.756. The molecule has 0 N–H and O–H groups in total. The van der Waals surface area contributed by atoms with Crippen LogP contribution in [0.5, 0.6) is 0 Å². The van der Waals surface area contributed by atoms with Crippen LogP contribution >= 0.6 is 15.8 Å². The average molecular weight is 553 g/mol. The number of aryl methyl sites for hydroxylation is 1. The second-order valence-electron chi connectivity index (χ2n) is 10.3. The molecule has 0 amide bonds. The molecule has 0 aromatic heterocycles. The van der Waals surface area contributed by atoms with E-state index in [2.05, 4.69) is 166 Å². The molecule has 1 aliphatic rings. The Kier molecular flexibility index (Phi) is 8.20. The van der Waals surface area contributed by atoms with Gasteiger partial charge in [0.1, 0.15) is 0 Å². The van der Waals surface area contributed by atoms with Gasteiger partial charge in [0, 0.05) is 0 Å². The van der Waals surface area contributed by atoms with Crippen molar-refractivity contribution in [3.05, 3.63) is 168 Å². The third-order valence-electron chi connectivity index (χ3n) is 7.59. The van der Waals surface area contributed by atoms with Crippen LogP contribution in [0, 0.1) is 12.8 Å². The maximum Gasteiger partial charge on any atom is -0.00729 e. The molecule has 0 radical (unpaired) electrons. The van der Waals surface area contributed by atoms with E-state index in [1.165, 1.54) is 48.5 Å². The van der Waals surface area contributed by atoms with Gasteiger partial charge in [-0.25, -0.2) is 0 Å². The topological polar surface area (TPSA) is 0 Å². The van der Waals surface area contributed by atoms with Gasteiger partial charge in [-0.1, -0.05) is 159 Å². The zero-order chi connectivity index (χ0) is 27.3. The summed E-state index contributed by atoms with van der Waals surface area (Å²) in [5.74, 6) is 0.431. The highest BCUT2D eigenvalue weighted by atomic mass is 31.1. The molecule has 1 atom stereocenters. The summed E-state index contributed by atoms with van der Waals surface area (Å²) in [6.07, 6.45) is 5.92. The lowest BCUT2D eigenvalue weighted by atomic mass is 9.86. The fourth-order valence-electron chi connectivity index (χ4n) is 5.77. The smallest absolute Gasteiger partial charge is 0.00729 e. The van der Waals surface area contributed by atoms with Gasteiger partial charge < -0.3 is 0 Å². The molecule has 0 aliphatic heterocycles. The summed E-state index contributed by atoms with van der Waals surface area (Å²) in [6.45, 7) is 4.73. The summed E-state index contributed by atoms with van der Waals surface area (Å²) in [6, 6.07) is 51.5. The molecule has 0 saturated carbocycles. The molecule has 0 nitrogen and oxygen atoms in total. The van der Waals surface area contributed by atoms with Crippen LogP contribution in [0.25, 0.3) is 5.57 Å². The SMILES string of the molecule is Cc1cccc(P(c2ccccc2)c2ccccc2)c1C1=C(P(c2ccccc2)c2ccccc2)C=CCC1C. The molecule has 40 heavy (non-hydrogen) atoms. The van der Waals surface area contributed by atoms with E-state index >= 15 is 0 Å². The van der Waals surface area contributed by atoms with Crippen molar-refractivity contribution < 1.29 is 0 Å². The Morgan fingerprint density at radius 1 is 0.525 bits per heavy atom. The summed E-state index contributed by atoms with van der Waals surface area (Å²) in [5.41, 5.74) is 4.34. The normalized spacial score (nSPS) is 15.2. The van der Waals surface area contributed by atoms with Crippen LogP contribution in [0.3, 0.4) is 0 Å². The van der Waals surface area contributed by atoms with Crippen molar-refractivity contribution in [1.82, 2.24) is 0 Å². The van der Waals surface area contributed by atoms with E-state index in [4.69, 9.17) is 0 Å². The van der Waals surface area contributed by atoms with Gasteiger partial charge in [-0.3, -0.25) is 0 Å². The summed E-state index contributed by atoms with van der Waals surface area (Å²) in [5, 5.41) is 8.53. The van der Waals surface area contributed by atoms with Crippen LogP contribution in [-0.4, -0.2) is 0 Å². The summed E-state index contributed by atoms with van der Waals surface area (Å²) < 4.78 is 0.